The second kappa shape index (κ2) is 9.40. The summed E-state index contributed by atoms with van der Waals surface area (Å²) in [6, 6.07) is 10.4. The third kappa shape index (κ3) is 5.04. The van der Waals surface area contributed by atoms with E-state index >= 15 is 0 Å². The highest BCUT2D eigenvalue weighted by atomic mass is 32.1. The molecule has 0 aliphatic rings. The molecule has 0 aliphatic carbocycles. The molecule has 2 aromatic carbocycles. The maximum atomic E-state index is 12.5. The highest BCUT2D eigenvalue weighted by Gasteiger charge is 2.14. The van der Waals surface area contributed by atoms with Crippen LogP contribution in [0.15, 0.2) is 41.8 Å². The number of thiazole rings is 1. The minimum atomic E-state index is -0.221. The van der Waals surface area contributed by atoms with Crippen LogP contribution in [0.2, 0.25) is 0 Å². The molecule has 1 amide bonds. The first-order chi connectivity index (χ1) is 14.0. The van der Waals surface area contributed by atoms with E-state index in [-0.39, 0.29) is 5.91 Å². The number of nitrogens with two attached hydrogens (primary N) is 1. The van der Waals surface area contributed by atoms with Crippen molar-refractivity contribution in [2.75, 3.05) is 14.2 Å². The summed E-state index contributed by atoms with van der Waals surface area (Å²) in [4.78, 5) is 16.9. The van der Waals surface area contributed by atoms with Crippen molar-refractivity contribution in [3.8, 4) is 23.0 Å². The van der Waals surface area contributed by atoms with Crippen LogP contribution in [0.4, 0.5) is 0 Å². The highest BCUT2D eigenvalue weighted by Crippen LogP contribution is 2.34. The minimum Gasteiger partial charge on any atom is -0.496 e. The van der Waals surface area contributed by atoms with Crippen molar-refractivity contribution in [3.63, 3.8) is 0 Å². The number of benzene rings is 2. The number of nitrogens with zero attached hydrogens (tertiary/aromatic N) is 1. The summed E-state index contributed by atoms with van der Waals surface area (Å²) >= 11 is 1.51. The lowest BCUT2D eigenvalue weighted by atomic mass is 10.1. The predicted octanol–water partition coefficient (Wildman–Crippen LogP) is 3.65. The lowest BCUT2D eigenvalue weighted by Crippen LogP contribution is -2.22. The number of carbonyl (C=O) groups excluding carboxylic acids is 1. The zero-order chi connectivity index (χ0) is 20.8. The number of ether oxygens (including phenoxy) is 3. The van der Waals surface area contributed by atoms with Gasteiger partial charge in [-0.05, 0) is 31.2 Å². The average molecular weight is 413 g/mol. The van der Waals surface area contributed by atoms with Gasteiger partial charge in [0, 0.05) is 34.8 Å². The Morgan fingerprint density at radius 1 is 1.10 bits per heavy atom. The zero-order valence-corrected chi connectivity index (χ0v) is 17.3. The van der Waals surface area contributed by atoms with Gasteiger partial charge in [-0.3, -0.25) is 4.79 Å². The van der Waals surface area contributed by atoms with Gasteiger partial charge in [-0.1, -0.05) is 6.07 Å². The maximum Gasteiger partial charge on any atom is 0.251 e. The van der Waals surface area contributed by atoms with E-state index in [1.165, 1.54) is 11.3 Å². The molecule has 0 saturated heterocycles. The molecule has 0 spiro atoms. The fraction of sp³-hybridized carbons (Fsp3) is 0.238. The van der Waals surface area contributed by atoms with Gasteiger partial charge in [0.05, 0.1) is 20.8 Å². The van der Waals surface area contributed by atoms with Crippen LogP contribution >= 0.6 is 11.3 Å². The summed E-state index contributed by atoms with van der Waals surface area (Å²) < 4.78 is 16.7. The molecule has 0 fully saturated rings. The number of aryl methyl sites for hydroxylation is 1. The van der Waals surface area contributed by atoms with Gasteiger partial charge in [0.1, 0.15) is 16.5 Å². The smallest absolute Gasteiger partial charge is 0.251 e. The number of aromatic nitrogens is 1. The Labute approximate surface area is 173 Å². The molecule has 0 atom stereocenters. The standard InChI is InChI=1S/C21H23N3O4S/c1-13-12-29-20(24-13)11-23-21(25)14-5-7-17(26-2)19(8-14)28-16-6-4-15(10-22)18(9-16)27-3/h4-9,12H,10-11,22H2,1-3H3,(H,23,25). The van der Waals surface area contributed by atoms with E-state index in [0.29, 0.717) is 41.7 Å². The van der Waals surface area contributed by atoms with Crippen LogP contribution in [-0.4, -0.2) is 25.1 Å². The third-order valence-corrected chi connectivity index (χ3v) is 5.17. The van der Waals surface area contributed by atoms with Crippen LogP contribution in [0.25, 0.3) is 0 Å². The Morgan fingerprint density at radius 2 is 1.90 bits per heavy atom. The monoisotopic (exact) mass is 413 g/mol. The summed E-state index contributed by atoms with van der Waals surface area (Å²) in [7, 11) is 3.12. The van der Waals surface area contributed by atoms with E-state index in [4.69, 9.17) is 19.9 Å². The van der Waals surface area contributed by atoms with Crippen LogP contribution in [0, 0.1) is 6.92 Å². The topological polar surface area (TPSA) is 95.7 Å². The largest absolute Gasteiger partial charge is 0.496 e. The Bertz CT molecular complexity index is 1000. The second-order valence-corrected chi connectivity index (χ2v) is 7.15. The van der Waals surface area contributed by atoms with Crippen LogP contribution in [0.3, 0.4) is 0 Å². The van der Waals surface area contributed by atoms with Crippen LogP contribution in [-0.2, 0) is 13.1 Å². The fourth-order valence-electron chi connectivity index (χ4n) is 2.72. The summed E-state index contributed by atoms with van der Waals surface area (Å²) in [5.74, 6) is 1.90. The summed E-state index contributed by atoms with van der Waals surface area (Å²) in [5, 5.41) is 5.67. The second-order valence-electron chi connectivity index (χ2n) is 6.21. The molecule has 0 unspecified atom stereocenters. The molecule has 1 aromatic heterocycles. The Balaban J connectivity index is 1.78. The SMILES string of the molecule is COc1cc(Oc2cc(C(=O)NCc3nc(C)cs3)ccc2OC)ccc1CN. The van der Waals surface area contributed by atoms with Crippen LogP contribution in [0.1, 0.15) is 26.6 Å². The number of nitrogens with one attached hydrogen (secondary N) is 1. The Hall–Kier alpha value is -3.10. The number of hydrogen-bond acceptors (Lipinski definition) is 7. The number of hydrogen-bond donors (Lipinski definition) is 2. The van der Waals surface area contributed by atoms with Crippen LogP contribution in [0.5, 0.6) is 23.0 Å². The molecule has 0 bridgehead atoms. The van der Waals surface area contributed by atoms with E-state index in [1.807, 2.05) is 18.4 Å². The van der Waals surface area contributed by atoms with Crippen molar-refractivity contribution >= 4 is 17.2 Å². The number of rotatable bonds is 8. The number of methoxy groups -OCH3 is 2. The third-order valence-electron chi connectivity index (χ3n) is 4.20. The van der Waals surface area contributed by atoms with Gasteiger partial charge in [0.15, 0.2) is 11.5 Å². The van der Waals surface area contributed by atoms with Gasteiger partial charge in [-0.25, -0.2) is 4.98 Å². The van der Waals surface area contributed by atoms with Gasteiger partial charge in [0.25, 0.3) is 5.91 Å². The Morgan fingerprint density at radius 3 is 2.55 bits per heavy atom. The van der Waals surface area contributed by atoms with Gasteiger partial charge >= 0.3 is 0 Å². The molecule has 0 saturated carbocycles. The lowest BCUT2D eigenvalue weighted by molar-refractivity contribution is 0.0950. The van der Waals surface area contributed by atoms with Gasteiger partial charge in [0.2, 0.25) is 0 Å². The molecule has 3 N–H and O–H groups in total. The molecule has 7 nitrogen and oxygen atoms in total. The molecule has 0 aliphatic heterocycles. The fourth-order valence-corrected chi connectivity index (χ4v) is 3.44. The maximum absolute atomic E-state index is 12.5. The normalized spacial score (nSPS) is 10.5. The van der Waals surface area contributed by atoms with Crippen LogP contribution < -0.4 is 25.3 Å². The number of carbonyl (C=O) groups is 1. The molecular weight excluding hydrogens is 390 g/mol. The van der Waals surface area contributed by atoms with E-state index in [0.717, 1.165) is 16.3 Å². The quantitative estimate of drug-likeness (QED) is 0.585. The molecule has 29 heavy (non-hydrogen) atoms. The van der Waals surface area contributed by atoms with Crippen molar-refractivity contribution < 1.29 is 19.0 Å². The number of amides is 1. The van der Waals surface area contributed by atoms with Gasteiger partial charge < -0.3 is 25.3 Å². The summed E-state index contributed by atoms with van der Waals surface area (Å²) in [6.07, 6.45) is 0. The molecule has 1 heterocycles. The molecule has 3 rings (SSSR count). The summed E-state index contributed by atoms with van der Waals surface area (Å²) in [5.41, 5.74) is 7.98. The van der Waals surface area contributed by atoms with Crippen molar-refractivity contribution in [3.05, 3.63) is 63.6 Å². The first-order valence-corrected chi connectivity index (χ1v) is 9.84. The molecule has 0 radical (unpaired) electrons. The van der Waals surface area contributed by atoms with Gasteiger partial charge in [-0.15, -0.1) is 11.3 Å². The van der Waals surface area contributed by atoms with Gasteiger partial charge in [-0.2, -0.15) is 0 Å². The van der Waals surface area contributed by atoms with Crippen molar-refractivity contribution in [2.24, 2.45) is 5.73 Å². The van der Waals surface area contributed by atoms with Crippen molar-refractivity contribution in [2.45, 2.75) is 20.0 Å². The first-order valence-electron chi connectivity index (χ1n) is 8.96. The molecule has 8 heteroatoms. The summed E-state index contributed by atoms with van der Waals surface area (Å²) in [6.45, 7) is 2.66. The molecular formula is C21H23N3O4S. The highest BCUT2D eigenvalue weighted by molar-refractivity contribution is 7.09. The minimum absolute atomic E-state index is 0.221. The van der Waals surface area contributed by atoms with Crippen molar-refractivity contribution in [1.29, 1.82) is 0 Å². The molecule has 152 valence electrons. The van der Waals surface area contributed by atoms with Crippen molar-refractivity contribution in [1.82, 2.24) is 10.3 Å². The first kappa shape index (κ1) is 20.6. The zero-order valence-electron chi connectivity index (χ0n) is 16.5. The van der Waals surface area contributed by atoms with E-state index in [1.54, 1.807) is 44.6 Å². The molecule has 3 aromatic rings. The predicted molar refractivity (Wildman–Crippen MR) is 112 cm³/mol. The average Bonchev–Trinajstić information content (AvgIpc) is 3.17. The Kier molecular flexibility index (Phi) is 6.69. The van der Waals surface area contributed by atoms with E-state index in [2.05, 4.69) is 10.3 Å². The van der Waals surface area contributed by atoms with E-state index < -0.39 is 0 Å². The lowest BCUT2D eigenvalue weighted by Gasteiger charge is -2.14. The van der Waals surface area contributed by atoms with E-state index in [9.17, 15) is 4.79 Å².